The molecule has 0 spiro atoms. The van der Waals surface area contributed by atoms with E-state index in [2.05, 4.69) is 20.9 Å². The summed E-state index contributed by atoms with van der Waals surface area (Å²) >= 11 is 0. The van der Waals surface area contributed by atoms with Crippen molar-refractivity contribution in [3.63, 3.8) is 0 Å². The molecule has 2 amide bonds. The first kappa shape index (κ1) is 18.3. The normalized spacial score (nSPS) is 10.8. The average Bonchev–Trinajstić information content (AvgIpc) is 2.77. The van der Waals surface area contributed by atoms with Crippen LogP contribution in [0.2, 0.25) is 0 Å². The zero-order chi connectivity index (χ0) is 20.4. The van der Waals surface area contributed by atoms with Crippen LogP contribution in [0, 0.1) is 0 Å². The summed E-state index contributed by atoms with van der Waals surface area (Å²) in [7, 11) is 0. The minimum atomic E-state index is -0.620. The minimum Gasteiger partial charge on any atom is -0.267 e. The third-order valence-corrected chi connectivity index (χ3v) is 4.55. The maximum absolute atomic E-state index is 12.7. The van der Waals surface area contributed by atoms with E-state index in [1.54, 1.807) is 55.6 Å². The first-order valence-electron chi connectivity index (χ1n) is 9.04. The first-order valence-corrected chi connectivity index (χ1v) is 9.04. The van der Waals surface area contributed by atoms with Crippen molar-refractivity contribution in [2.45, 2.75) is 13.5 Å². The van der Waals surface area contributed by atoms with Gasteiger partial charge in [0.05, 0.1) is 16.5 Å². The van der Waals surface area contributed by atoms with Gasteiger partial charge in [0.15, 0.2) is 5.69 Å². The maximum Gasteiger partial charge on any atom is 0.290 e. The van der Waals surface area contributed by atoms with Crippen LogP contribution in [0.3, 0.4) is 0 Å². The fraction of sp³-hybridized carbons (Fsp3) is 0.0952. The topological polar surface area (TPSA) is 106 Å². The first-order chi connectivity index (χ1) is 14.1. The molecule has 0 aliphatic carbocycles. The van der Waals surface area contributed by atoms with Crippen LogP contribution in [-0.4, -0.2) is 26.6 Å². The second kappa shape index (κ2) is 7.51. The molecule has 2 N–H and O–H groups in total. The van der Waals surface area contributed by atoms with Crippen molar-refractivity contribution in [2.24, 2.45) is 0 Å². The van der Waals surface area contributed by atoms with Gasteiger partial charge in [-0.3, -0.25) is 30.2 Å². The molecule has 144 valence electrons. The van der Waals surface area contributed by atoms with Crippen LogP contribution in [0.1, 0.15) is 27.8 Å². The predicted octanol–water partition coefficient (Wildman–Crippen LogP) is 2.04. The summed E-state index contributed by atoms with van der Waals surface area (Å²) in [6.45, 7) is 2.08. The molecule has 2 aromatic carbocycles. The molecule has 0 unspecified atom stereocenters. The van der Waals surface area contributed by atoms with Gasteiger partial charge in [-0.2, -0.15) is 5.10 Å². The number of hydrogen-bond donors (Lipinski definition) is 2. The zero-order valence-corrected chi connectivity index (χ0v) is 15.5. The summed E-state index contributed by atoms with van der Waals surface area (Å²) in [6.07, 6.45) is 1.60. The largest absolute Gasteiger partial charge is 0.290 e. The molecule has 0 radical (unpaired) electrons. The Hall–Kier alpha value is -4.07. The Morgan fingerprint density at radius 1 is 0.931 bits per heavy atom. The van der Waals surface area contributed by atoms with E-state index in [9.17, 15) is 14.4 Å². The zero-order valence-electron chi connectivity index (χ0n) is 15.5. The van der Waals surface area contributed by atoms with Crippen molar-refractivity contribution < 1.29 is 9.59 Å². The van der Waals surface area contributed by atoms with Gasteiger partial charge in [0.25, 0.3) is 17.4 Å². The van der Waals surface area contributed by atoms with E-state index in [1.807, 2.05) is 12.1 Å². The van der Waals surface area contributed by atoms with Gasteiger partial charge in [0.1, 0.15) is 0 Å². The molecule has 4 rings (SSSR count). The molecule has 8 heteroatoms. The molecule has 2 aromatic heterocycles. The van der Waals surface area contributed by atoms with E-state index in [4.69, 9.17) is 0 Å². The van der Waals surface area contributed by atoms with Crippen LogP contribution in [0.4, 0.5) is 0 Å². The summed E-state index contributed by atoms with van der Waals surface area (Å²) in [5, 5.41) is 5.77. The number of pyridine rings is 1. The second-order valence-electron chi connectivity index (χ2n) is 6.30. The van der Waals surface area contributed by atoms with Crippen LogP contribution in [0.25, 0.3) is 21.7 Å². The lowest BCUT2D eigenvalue weighted by molar-refractivity contribution is 0.0844. The van der Waals surface area contributed by atoms with E-state index in [0.717, 1.165) is 5.39 Å². The quantitative estimate of drug-likeness (QED) is 0.523. The van der Waals surface area contributed by atoms with E-state index in [-0.39, 0.29) is 11.3 Å². The lowest BCUT2D eigenvalue weighted by Crippen LogP contribution is -2.42. The van der Waals surface area contributed by atoms with Crippen LogP contribution in [0.5, 0.6) is 0 Å². The van der Waals surface area contributed by atoms with Crippen molar-refractivity contribution in [3.8, 4) is 0 Å². The highest BCUT2D eigenvalue weighted by atomic mass is 16.2. The van der Waals surface area contributed by atoms with Crippen molar-refractivity contribution in [1.29, 1.82) is 0 Å². The lowest BCUT2D eigenvalue weighted by Gasteiger charge is -2.11. The number of fused-ring (bicyclic) bond motifs is 2. The van der Waals surface area contributed by atoms with E-state index >= 15 is 0 Å². The Bertz CT molecular complexity index is 1310. The van der Waals surface area contributed by atoms with Gasteiger partial charge >= 0.3 is 0 Å². The van der Waals surface area contributed by atoms with E-state index in [1.165, 1.54) is 4.68 Å². The van der Waals surface area contributed by atoms with Crippen molar-refractivity contribution in [1.82, 2.24) is 25.6 Å². The van der Waals surface area contributed by atoms with Gasteiger partial charge in [-0.25, -0.2) is 4.68 Å². The number of hydrogen-bond acceptors (Lipinski definition) is 5. The van der Waals surface area contributed by atoms with Crippen LogP contribution < -0.4 is 16.4 Å². The van der Waals surface area contributed by atoms with Crippen molar-refractivity contribution >= 4 is 33.5 Å². The standard InChI is InChI=1S/C21H17N5O3/c1-2-26-21(29)15-10-4-3-9-14(15)18(25-26)20(28)24-23-19(27)16-11-5-7-13-8-6-12-22-17(13)16/h3-12H,2H2,1H3,(H,23,27)(H,24,28). The average molecular weight is 387 g/mol. The van der Waals surface area contributed by atoms with E-state index < -0.39 is 11.8 Å². The molecular weight excluding hydrogens is 370 g/mol. The van der Waals surface area contributed by atoms with Gasteiger partial charge in [-0.1, -0.05) is 36.4 Å². The summed E-state index contributed by atoms with van der Waals surface area (Å²) in [5.74, 6) is -1.12. The van der Waals surface area contributed by atoms with Gasteiger partial charge in [0, 0.05) is 23.5 Å². The Morgan fingerprint density at radius 2 is 1.66 bits per heavy atom. The maximum atomic E-state index is 12.7. The third kappa shape index (κ3) is 3.31. The number of carbonyl (C=O) groups is 2. The van der Waals surface area contributed by atoms with Gasteiger partial charge in [-0.15, -0.1) is 0 Å². The number of aryl methyl sites for hydroxylation is 1. The Morgan fingerprint density at radius 3 is 2.45 bits per heavy atom. The minimum absolute atomic E-state index is 0.0541. The summed E-state index contributed by atoms with van der Waals surface area (Å²) in [4.78, 5) is 42.0. The highest BCUT2D eigenvalue weighted by Gasteiger charge is 2.18. The summed E-state index contributed by atoms with van der Waals surface area (Å²) in [5.41, 5.74) is 5.43. The van der Waals surface area contributed by atoms with Gasteiger partial charge in [0.2, 0.25) is 0 Å². The molecule has 4 aromatic rings. The van der Waals surface area contributed by atoms with Crippen LogP contribution >= 0.6 is 0 Å². The van der Waals surface area contributed by atoms with Crippen LogP contribution in [0.15, 0.2) is 65.6 Å². The van der Waals surface area contributed by atoms with E-state index in [0.29, 0.717) is 28.4 Å². The fourth-order valence-electron chi connectivity index (χ4n) is 3.14. The number of amides is 2. The number of aromatic nitrogens is 3. The number of carbonyl (C=O) groups excluding carboxylic acids is 2. The molecule has 0 saturated carbocycles. The molecule has 29 heavy (non-hydrogen) atoms. The SMILES string of the molecule is CCn1nc(C(=O)NNC(=O)c2cccc3cccnc23)c2ccccc2c1=O. The van der Waals surface area contributed by atoms with Crippen molar-refractivity contribution in [3.05, 3.63) is 82.4 Å². The van der Waals surface area contributed by atoms with Crippen molar-refractivity contribution in [2.75, 3.05) is 0 Å². The number of nitrogens with one attached hydrogen (secondary N) is 2. The number of nitrogens with zero attached hydrogens (tertiary/aromatic N) is 3. The molecule has 0 atom stereocenters. The van der Waals surface area contributed by atoms with Gasteiger partial charge < -0.3 is 0 Å². The smallest absolute Gasteiger partial charge is 0.267 e. The molecule has 0 aliphatic rings. The monoisotopic (exact) mass is 387 g/mol. The van der Waals surface area contributed by atoms with Gasteiger partial charge in [-0.05, 0) is 25.1 Å². The highest BCUT2D eigenvalue weighted by molar-refractivity contribution is 6.08. The molecule has 8 nitrogen and oxygen atoms in total. The molecule has 0 bridgehead atoms. The molecule has 0 saturated heterocycles. The number of rotatable bonds is 3. The number of benzene rings is 2. The lowest BCUT2D eigenvalue weighted by atomic mass is 10.1. The number of para-hydroxylation sites is 1. The highest BCUT2D eigenvalue weighted by Crippen LogP contribution is 2.16. The Kier molecular flexibility index (Phi) is 4.74. The molecular formula is C21H17N5O3. The fourth-order valence-corrected chi connectivity index (χ4v) is 3.14. The summed E-state index contributed by atoms with van der Waals surface area (Å²) in [6, 6.07) is 15.6. The third-order valence-electron chi connectivity index (χ3n) is 4.55. The van der Waals surface area contributed by atoms with Crippen LogP contribution in [-0.2, 0) is 6.54 Å². The predicted molar refractivity (Wildman–Crippen MR) is 108 cm³/mol. The Labute approximate surface area is 165 Å². The molecule has 2 heterocycles. The molecule has 0 aliphatic heterocycles. The summed E-state index contributed by atoms with van der Waals surface area (Å²) < 4.78 is 1.22. The Balaban J connectivity index is 1.63. The second-order valence-corrected chi connectivity index (χ2v) is 6.30. The molecule has 0 fully saturated rings. The number of hydrazine groups is 1.